The maximum Gasteiger partial charge on any atom is 0.266 e. The van der Waals surface area contributed by atoms with Gasteiger partial charge in [0, 0.05) is 5.75 Å². The van der Waals surface area contributed by atoms with Gasteiger partial charge in [-0.2, -0.15) is 0 Å². The molecule has 1 aromatic heterocycles. The molecular weight excluding hydrogens is 397 g/mol. The summed E-state index contributed by atoms with van der Waals surface area (Å²) in [7, 11) is 0. The number of nitrogens with one attached hydrogen (secondary N) is 1. The molecule has 8 heteroatoms. The van der Waals surface area contributed by atoms with E-state index in [0.29, 0.717) is 16.6 Å². The zero-order valence-corrected chi connectivity index (χ0v) is 17.4. The molecule has 2 aromatic carbocycles. The van der Waals surface area contributed by atoms with Gasteiger partial charge in [-0.3, -0.25) is 10.1 Å². The fraction of sp³-hybridized carbons (Fsp3) is 0.250. The van der Waals surface area contributed by atoms with Crippen LogP contribution in [0.25, 0.3) is 0 Å². The SMILES string of the molecule is Cc1cc(C)cc(OC(C)C(=O)Nc2nnc(SCc3ccc(F)cc3)s2)c1. The third-order valence-corrected chi connectivity index (χ3v) is 5.83. The molecule has 0 spiro atoms. The highest BCUT2D eigenvalue weighted by Gasteiger charge is 2.17. The highest BCUT2D eigenvalue weighted by Crippen LogP contribution is 2.28. The average molecular weight is 418 g/mol. The Morgan fingerprint density at radius 1 is 1.18 bits per heavy atom. The molecule has 0 bridgehead atoms. The van der Waals surface area contributed by atoms with E-state index in [1.807, 2.05) is 32.0 Å². The van der Waals surface area contributed by atoms with Crippen LogP contribution in [-0.2, 0) is 10.5 Å². The molecule has 0 aliphatic rings. The van der Waals surface area contributed by atoms with E-state index in [4.69, 9.17) is 4.74 Å². The first-order chi connectivity index (χ1) is 13.4. The molecule has 3 aromatic rings. The minimum atomic E-state index is -0.666. The van der Waals surface area contributed by atoms with Gasteiger partial charge < -0.3 is 4.74 Å². The number of hydrogen-bond acceptors (Lipinski definition) is 6. The van der Waals surface area contributed by atoms with E-state index in [1.165, 1.54) is 35.2 Å². The number of nitrogens with zero attached hydrogens (tertiary/aromatic N) is 2. The average Bonchev–Trinajstić information content (AvgIpc) is 3.07. The summed E-state index contributed by atoms with van der Waals surface area (Å²) in [6, 6.07) is 12.2. The van der Waals surface area contributed by atoms with Gasteiger partial charge in [-0.15, -0.1) is 10.2 Å². The number of carbonyl (C=O) groups is 1. The summed E-state index contributed by atoms with van der Waals surface area (Å²) in [6.45, 7) is 5.66. The van der Waals surface area contributed by atoms with E-state index in [1.54, 1.807) is 19.1 Å². The molecule has 0 aliphatic heterocycles. The third-order valence-electron chi connectivity index (χ3n) is 3.79. The topological polar surface area (TPSA) is 64.1 Å². The highest BCUT2D eigenvalue weighted by atomic mass is 32.2. The number of rotatable bonds is 7. The van der Waals surface area contributed by atoms with Crippen LogP contribution >= 0.6 is 23.1 Å². The molecule has 0 saturated heterocycles. The lowest BCUT2D eigenvalue weighted by Gasteiger charge is -2.14. The van der Waals surface area contributed by atoms with Gasteiger partial charge in [0.05, 0.1) is 0 Å². The summed E-state index contributed by atoms with van der Waals surface area (Å²) >= 11 is 2.77. The smallest absolute Gasteiger partial charge is 0.266 e. The van der Waals surface area contributed by atoms with Crippen molar-refractivity contribution < 1.29 is 13.9 Å². The normalized spacial score (nSPS) is 11.9. The van der Waals surface area contributed by atoms with Crippen LogP contribution in [0, 0.1) is 19.7 Å². The second kappa shape index (κ2) is 9.16. The standard InChI is InChI=1S/C20H20FN3O2S2/c1-12-8-13(2)10-17(9-12)26-14(3)18(25)22-19-23-24-20(28-19)27-11-15-4-6-16(21)7-5-15/h4-10,14H,11H2,1-3H3,(H,22,23,25). The van der Waals surface area contributed by atoms with Gasteiger partial charge >= 0.3 is 0 Å². The Kier molecular flexibility index (Phi) is 6.64. The second-order valence-electron chi connectivity index (χ2n) is 6.36. The van der Waals surface area contributed by atoms with Gasteiger partial charge in [0.15, 0.2) is 10.4 Å². The van der Waals surface area contributed by atoms with Crippen molar-refractivity contribution in [3.63, 3.8) is 0 Å². The quantitative estimate of drug-likeness (QED) is 0.433. The molecule has 0 saturated carbocycles. The number of hydrogen-bond donors (Lipinski definition) is 1. The minimum absolute atomic E-state index is 0.258. The molecule has 1 N–H and O–H groups in total. The van der Waals surface area contributed by atoms with Gasteiger partial charge in [-0.1, -0.05) is 41.3 Å². The van der Waals surface area contributed by atoms with E-state index in [-0.39, 0.29) is 11.7 Å². The van der Waals surface area contributed by atoms with E-state index in [2.05, 4.69) is 15.5 Å². The third kappa shape index (κ3) is 5.77. The zero-order chi connectivity index (χ0) is 20.1. The van der Waals surface area contributed by atoms with Crippen LogP contribution in [0.3, 0.4) is 0 Å². The Morgan fingerprint density at radius 2 is 1.86 bits per heavy atom. The van der Waals surface area contributed by atoms with Crippen molar-refractivity contribution in [3.05, 3.63) is 65.0 Å². The minimum Gasteiger partial charge on any atom is -0.481 e. The Bertz CT molecular complexity index is 940. The predicted molar refractivity (Wildman–Crippen MR) is 111 cm³/mol. The number of anilines is 1. The van der Waals surface area contributed by atoms with Crippen molar-refractivity contribution in [1.29, 1.82) is 0 Å². The fourth-order valence-electron chi connectivity index (χ4n) is 2.51. The number of aromatic nitrogens is 2. The van der Waals surface area contributed by atoms with Crippen molar-refractivity contribution in [2.24, 2.45) is 0 Å². The number of amides is 1. The molecule has 1 heterocycles. The number of benzene rings is 2. The number of ether oxygens (including phenoxy) is 1. The predicted octanol–water partition coefficient (Wildman–Crippen LogP) is 4.99. The van der Waals surface area contributed by atoms with Gasteiger partial charge in [0.2, 0.25) is 5.13 Å². The van der Waals surface area contributed by atoms with Crippen LogP contribution < -0.4 is 10.1 Å². The largest absolute Gasteiger partial charge is 0.481 e. The summed E-state index contributed by atoms with van der Waals surface area (Å²) in [5.74, 6) is 0.764. The van der Waals surface area contributed by atoms with Crippen molar-refractivity contribution in [2.75, 3.05) is 5.32 Å². The van der Waals surface area contributed by atoms with Gasteiger partial charge in [0.25, 0.3) is 5.91 Å². The van der Waals surface area contributed by atoms with Crippen molar-refractivity contribution in [2.45, 2.75) is 37.0 Å². The molecule has 28 heavy (non-hydrogen) atoms. The molecule has 5 nitrogen and oxygen atoms in total. The maximum absolute atomic E-state index is 12.9. The number of thioether (sulfide) groups is 1. The Morgan fingerprint density at radius 3 is 2.54 bits per heavy atom. The lowest BCUT2D eigenvalue weighted by Crippen LogP contribution is -2.30. The molecule has 0 fully saturated rings. The van der Waals surface area contributed by atoms with E-state index >= 15 is 0 Å². The van der Waals surface area contributed by atoms with Crippen LogP contribution in [0.2, 0.25) is 0 Å². The molecule has 0 aliphatic carbocycles. The lowest BCUT2D eigenvalue weighted by atomic mass is 10.1. The second-order valence-corrected chi connectivity index (χ2v) is 8.56. The first-order valence-electron chi connectivity index (χ1n) is 8.65. The van der Waals surface area contributed by atoms with Crippen LogP contribution in [0.15, 0.2) is 46.8 Å². The summed E-state index contributed by atoms with van der Waals surface area (Å²) in [5, 5.41) is 11.2. The molecule has 3 rings (SSSR count). The van der Waals surface area contributed by atoms with Gasteiger partial charge in [-0.25, -0.2) is 4.39 Å². The zero-order valence-electron chi connectivity index (χ0n) is 15.7. The van der Waals surface area contributed by atoms with Gasteiger partial charge in [0.1, 0.15) is 11.6 Å². The van der Waals surface area contributed by atoms with Crippen LogP contribution in [0.1, 0.15) is 23.6 Å². The highest BCUT2D eigenvalue weighted by molar-refractivity contribution is 8.00. The van der Waals surface area contributed by atoms with Crippen LogP contribution in [0.5, 0.6) is 5.75 Å². The van der Waals surface area contributed by atoms with Crippen molar-refractivity contribution in [1.82, 2.24) is 10.2 Å². The summed E-state index contributed by atoms with van der Waals surface area (Å²) in [5.41, 5.74) is 3.15. The monoisotopic (exact) mass is 417 g/mol. The molecule has 1 unspecified atom stereocenters. The van der Waals surface area contributed by atoms with Crippen LogP contribution in [0.4, 0.5) is 9.52 Å². The first kappa shape index (κ1) is 20.3. The molecular formula is C20H20FN3O2S2. The molecule has 1 atom stereocenters. The maximum atomic E-state index is 12.9. The van der Waals surface area contributed by atoms with Crippen molar-refractivity contribution in [3.8, 4) is 5.75 Å². The molecule has 146 valence electrons. The van der Waals surface area contributed by atoms with Crippen LogP contribution in [-0.4, -0.2) is 22.2 Å². The lowest BCUT2D eigenvalue weighted by molar-refractivity contribution is -0.122. The molecule has 0 radical (unpaired) electrons. The van der Waals surface area contributed by atoms with Gasteiger partial charge in [-0.05, 0) is 61.7 Å². The summed E-state index contributed by atoms with van der Waals surface area (Å²) < 4.78 is 19.4. The van der Waals surface area contributed by atoms with E-state index in [9.17, 15) is 9.18 Å². The Labute approximate surface area is 171 Å². The Balaban J connectivity index is 1.53. The number of aryl methyl sites for hydroxylation is 2. The number of halogens is 1. The van der Waals surface area contributed by atoms with Crippen molar-refractivity contribution >= 4 is 34.1 Å². The molecule has 1 amide bonds. The number of carbonyl (C=O) groups excluding carboxylic acids is 1. The fourth-order valence-corrected chi connectivity index (χ4v) is 4.22. The first-order valence-corrected chi connectivity index (χ1v) is 10.5. The summed E-state index contributed by atoms with van der Waals surface area (Å²) in [6.07, 6.45) is -0.666. The Hall–Kier alpha value is -2.45. The summed E-state index contributed by atoms with van der Waals surface area (Å²) in [4.78, 5) is 12.4. The van der Waals surface area contributed by atoms with E-state index in [0.717, 1.165) is 21.0 Å². The van der Waals surface area contributed by atoms with E-state index < -0.39 is 6.10 Å².